The van der Waals surface area contributed by atoms with Gasteiger partial charge in [-0.05, 0) is 31.0 Å². The molecule has 20 heavy (non-hydrogen) atoms. The summed E-state index contributed by atoms with van der Waals surface area (Å²) in [5.74, 6) is 0. The summed E-state index contributed by atoms with van der Waals surface area (Å²) >= 11 is 1.48. The van der Waals surface area contributed by atoms with Gasteiger partial charge in [0.2, 0.25) is 10.0 Å². The summed E-state index contributed by atoms with van der Waals surface area (Å²) in [5, 5.41) is 8.96. The average Bonchev–Trinajstić information content (AvgIpc) is 2.77. The molecule has 2 aromatic rings. The van der Waals surface area contributed by atoms with E-state index < -0.39 is 10.0 Å². The second-order valence-corrected chi connectivity index (χ2v) is 7.77. The van der Waals surface area contributed by atoms with Crippen LogP contribution in [0.1, 0.15) is 20.9 Å². The second-order valence-electron chi connectivity index (χ2n) is 4.58. The molecular weight excluding hydrogens is 294 g/mol. The normalized spacial score (nSPS) is 11.8. The molecule has 0 saturated carbocycles. The maximum absolute atomic E-state index is 12.2. The molecule has 0 spiro atoms. The van der Waals surface area contributed by atoms with Gasteiger partial charge in [0.05, 0.1) is 11.5 Å². The Hall–Kier alpha value is -1.21. The van der Waals surface area contributed by atoms with Crippen molar-refractivity contribution in [2.45, 2.75) is 31.9 Å². The minimum atomic E-state index is -3.47. The lowest BCUT2D eigenvalue weighted by molar-refractivity contribution is 0.282. The molecule has 0 radical (unpaired) electrons. The smallest absolute Gasteiger partial charge is 0.241 e. The molecule has 0 fully saturated rings. The summed E-state index contributed by atoms with van der Waals surface area (Å²) in [6, 6.07) is 8.87. The van der Waals surface area contributed by atoms with E-state index in [0.29, 0.717) is 4.90 Å². The van der Waals surface area contributed by atoms with E-state index in [-0.39, 0.29) is 13.2 Å². The van der Waals surface area contributed by atoms with Crippen LogP contribution in [0, 0.1) is 13.8 Å². The van der Waals surface area contributed by atoms with Crippen LogP contribution in [-0.4, -0.2) is 13.5 Å². The van der Waals surface area contributed by atoms with Crippen LogP contribution in [0.5, 0.6) is 0 Å². The molecule has 0 unspecified atom stereocenters. The zero-order chi connectivity index (χ0) is 14.8. The minimum absolute atomic E-state index is 0.0145. The standard InChI is InChI=1S/C14H17NO3S2/c1-10-7-14(11(2)19-10)20(17,18)15-8-12-3-5-13(9-16)6-4-12/h3-7,15-16H,8-9H2,1-2H3. The fraction of sp³-hybridized carbons (Fsp3) is 0.286. The van der Waals surface area contributed by atoms with E-state index in [1.54, 1.807) is 30.3 Å². The molecule has 0 saturated heterocycles. The summed E-state index contributed by atoms with van der Waals surface area (Å²) in [4.78, 5) is 2.13. The van der Waals surface area contributed by atoms with Crippen molar-refractivity contribution in [1.29, 1.82) is 0 Å². The third kappa shape index (κ3) is 3.46. The van der Waals surface area contributed by atoms with Crippen molar-refractivity contribution >= 4 is 21.4 Å². The van der Waals surface area contributed by atoms with Gasteiger partial charge < -0.3 is 5.11 Å². The van der Waals surface area contributed by atoms with E-state index in [0.717, 1.165) is 20.9 Å². The van der Waals surface area contributed by atoms with Crippen molar-refractivity contribution in [3.8, 4) is 0 Å². The van der Waals surface area contributed by atoms with Crippen molar-refractivity contribution in [3.05, 3.63) is 51.2 Å². The van der Waals surface area contributed by atoms with Gasteiger partial charge in [0.25, 0.3) is 0 Å². The number of aryl methyl sites for hydroxylation is 2. The lowest BCUT2D eigenvalue weighted by atomic mass is 10.1. The Kier molecular flexibility index (Phi) is 4.59. The first-order chi connectivity index (χ1) is 9.42. The Morgan fingerprint density at radius 3 is 2.25 bits per heavy atom. The molecule has 0 amide bonds. The number of hydrogen-bond acceptors (Lipinski definition) is 4. The van der Waals surface area contributed by atoms with E-state index >= 15 is 0 Å². The Labute approximate surface area is 123 Å². The highest BCUT2D eigenvalue weighted by molar-refractivity contribution is 7.89. The monoisotopic (exact) mass is 311 g/mol. The predicted octanol–water partition coefficient (Wildman–Crippen LogP) is 2.34. The third-order valence-electron chi connectivity index (χ3n) is 2.96. The zero-order valence-corrected chi connectivity index (χ0v) is 13.0. The molecule has 2 rings (SSSR count). The zero-order valence-electron chi connectivity index (χ0n) is 11.4. The molecule has 108 valence electrons. The van der Waals surface area contributed by atoms with Crippen molar-refractivity contribution in [2.24, 2.45) is 0 Å². The van der Waals surface area contributed by atoms with Gasteiger partial charge in [0, 0.05) is 16.3 Å². The first kappa shape index (κ1) is 15.2. The molecular formula is C14H17NO3S2. The molecule has 0 aliphatic carbocycles. The Morgan fingerprint density at radius 2 is 1.75 bits per heavy atom. The topological polar surface area (TPSA) is 66.4 Å². The number of rotatable bonds is 5. The lowest BCUT2D eigenvalue weighted by Gasteiger charge is -2.07. The molecule has 0 aliphatic heterocycles. The largest absolute Gasteiger partial charge is 0.392 e. The maximum Gasteiger partial charge on any atom is 0.241 e. The summed E-state index contributed by atoms with van der Waals surface area (Å²) in [6.07, 6.45) is 0. The number of thiophene rings is 1. The van der Waals surface area contributed by atoms with Gasteiger partial charge in [-0.1, -0.05) is 24.3 Å². The van der Waals surface area contributed by atoms with E-state index in [1.165, 1.54) is 11.3 Å². The lowest BCUT2D eigenvalue weighted by Crippen LogP contribution is -2.23. The van der Waals surface area contributed by atoms with Crippen molar-refractivity contribution in [1.82, 2.24) is 4.72 Å². The van der Waals surface area contributed by atoms with Crippen LogP contribution < -0.4 is 4.72 Å². The molecule has 4 nitrogen and oxygen atoms in total. The van der Waals surface area contributed by atoms with E-state index in [4.69, 9.17) is 5.11 Å². The van der Waals surface area contributed by atoms with E-state index in [1.807, 2.05) is 13.8 Å². The van der Waals surface area contributed by atoms with Gasteiger partial charge in [0.1, 0.15) is 0 Å². The van der Waals surface area contributed by atoms with E-state index in [9.17, 15) is 8.42 Å². The summed E-state index contributed by atoms with van der Waals surface area (Å²) < 4.78 is 27.0. The van der Waals surface area contributed by atoms with E-state index in [2.05, 4.69) is 4.72 Å². The van der Waals surface area contributed by atoms with Gasteiger partial charge in [0.15, 0.2) is 0 Å². The van der Waals surface area contributed by atoms with Gasteiger partial charge in [-0.3, -0.25) is 0 Å². The predicted molar refractivity (Wildman–Crippen MR) is 80.2 cm³/mol. The van der Waals surface area contributed by atoms with Crippen LogP contribution in [0.4, 0.5) is 0 Å². The van der Waals surface area contributed by atoms with Gasteiger partial charge in [-0.25, -0.2) is 13.1 Å². The van der Waals surface area contributed by atoms with Crippen LogP contribution in [0.2, 0.25) is 0 Å². The van der Waals surface area contributed by atoms with Crippen LogP contribution >= 0.6 is 11.3 Å². The van der Waals surface area contributed by atoms with Crippen LogP contribution in [0.3, 0.4) is 0 Å². The van der Waals surface area contributed by atoms with Gasteiger partial charge >= 0.3 is 0 Å². The molecule has 0 bridgehead atoms. The quantitative estimate of drug-likeness (QED) is 0.890. The molecule has 6 heteroatoms. The number of hydrogen-bond donors (Lipinski definition) is 2. The van der Waals surface area contributed by atoms with Crippen molar-refractivity contribution in [3.63, 3.8) is 0 Å². The van der Waals surface area contributed by atoms with Crippen LogP contribution in [0.15, 0.2) is 35.2 Å². The van der Waals surface area contributed by atoms with Gasteiger partial charge in [-0.2, -0.15) is 0 Å². The fourth-order valence-electron chi connectivity index (χ4n) is 1.89. The average molecular weight is 311 g/mol. The highest BCUT2D eigenvalue weighted by Gasteiger charge is 2.18. The minimum Gasteiger partial charge on any atom is -0.392 e. The number of sulfonamides is 1. The number of aliphatic hydroxyl groups excluding tert-OH is 1. The fourth-order valence-corrected chi connectivity index (χ4v) is 4.46. The summed E-state index contributed by atoms with van der Waals surface area (Å²) in [5.41, 5.74) is 1.66. The van der Waals surface area contributed by atoms with Crippen LogP contribution in [-0.2, 0) is 23.2 Å². The first-order valence-corrected chi connectivity index (χ1v) is 8.48. The SMILES string of the molecule is Cc1cc(S(=O)(=O)NCc2ccc(CO)cc2)c(C)s1. The molecule has 1 aromatic carbocycles. The van der Waals surface area contributed by atoms with Crippen molar-refractivity contribution < 1.29 is 13.5 Å². The second kappa shape index (κ2) is 6.05. The Balaban J connectivity index is 2.11. The Morgan fingerprint density at radius 1 is 1.15 bits per heavy atom. The number of nitrogens with one attached hydrogen (secondary N) is 1. The summed E-state index contributed by atoms with van der Waals surface area (Å²) in [7, 11) is -3.47. The molecule has 0 aliphatic rings. The van der Waals surface area contributed by atoms with Gasteiger partial charge in [-0.15, -0.1) is 11.3 Å². The Bertz CT molecular complexity index is 688. The highest BCUT2D eigenvalue weighted by Crippen LogP contribution is 2.24. The summed E-state index contributed by atoms with van der Waals surface area (Å²) in [6.45, 7) is 3.92. The van der Waals surface area contributed by atoms with Crippen LogP contribution in [0.25, 0.3) is 0 Å². The maximum atomic E-state index is 12.2. The first-order valence-electron chi connectivity index (χ1n) is 6.18. The molecule has 1 heterocycles. The highest BCUT2D eigenvalue weighted by atomic mass is 32.2. The number of aliphatic hydroxyl groups is 1. The van der Waals surface area contributed by atoms with Crippen molar-refractivity contribution in [2.75, 3.05) is 0 Å². The number of benzene rings is 1. The molecule has 1 aromatic heterocycles. The molecule has 0 atom stereocenters. The third-order valence-corrected chi connectivity index (χ3v) is 5.58. The molecule has 2 N–H and O–H groups in total.